The minimum atomic E-state index is 0.299. The van der Waals surface area contributed by atoms with E-state index in [1.165, 1.54) is 77.0 Å². The van der Waals surface area contributed by atoms with Crippen molar-refractivity contribution in [3.8, 4) is 0 Å². The molecule has 28 heavy (non-hydrogen) atoms. The minimum absolute atomic E-state index is 0.299. The van der Waals surface area contributed by atoms with Crippen molar-refractivity contribution in [1.82, 2.24) is 0 Å². The molecule has 1 heteroatoms. The summed E-state index contributed by atoms with van der Waals surface area (Å²) in [6, 6.07) is 0. The number of hydrogen-bond donors (Lipinski definition) is 0. The van der Waals surface area contributed by atoms with Gasteiger partial charge in [-0.3, -0.25) is 0 Å². The molecule has 6 rings (SSSR count). The summed E-state index contributed by atoms with van der Waals surface area (Å²) in [7, 11) is 0. The molecule has 9 atom stereocenters. The van der Waals surface area contributed by atoms with Crippen LogP contribution in [0.4, 0.5) is 0 Å². The Labute approximate surface area is 174 Å². The third-order valence-corrected chi connectivity index (χ3v) is 11.3. The van der Waals surface area contributed by atoms with Gasteiger partial charge in [-0.25, -0.2) is 0 Å². The quantitative estimate of drug-likeness (QED) is 0.472. The lowest BCUT2D eigenvalue weighted by atomic mass is 9.41. The van der Waals surface area contributed by atoms with Gasteiger partial charge in [0.25, 0.3) is 0 Å². The molecule has 4 saturated carbocycles. The Morgan fingerprint density at radius 2 is 1.64 bits per heavy atom. The molecular weight excluding hydrogens is 340 g/mol. The second-order valence-electron chi connectivity index (χ2n) is 12.8. The van der Waals surface area contributed by atoms with Crippen LogP contribution in [-0.2, 0) is 4.74 Å². The van der Waals surface area contributed by atoms with Crippen molar-refractivity contribution in [1.29, 1.82) is 0 Å². The summed E-state index contributed by atoms with van der Waals surface area (Å²) in [5.74, 6) is 5.76. The predicted molar refractivity (Wildman–Crippen MR) is 117 cm³/mol. The van der Waals surface area contributed by atoms with Gasteiger partial charge in [0.15, 0.2) is 0 Å². The van der Waals surface area contributed by atoms with Crippen molar-refractivity contribution < 1.29 is 4.74 Å². The van der Waals surface area contributed by atoms with Crippen molar-refractivity contribution in [2.45, 2.75) is 123 Å². The molecule has 6 fully saturated rings. The molecule has 0 N–H and O–H groups in total. The van der Waals surface area contributed by atoms with Gasteiger partial charge < -0.3 is 4.74 Å². The van der Waals surface area contributed by atoms with Crippen molar-refractivity contribution >= 4 is 0 Å². The molecule has 0 aromatic heterocycles. The summed E-state index contributed by atoms with van der Waals surface area (Å²) in [6.45, 7) is 12.8. The average molecular weight is 387 g/mol. The molecule has 0 aromatic rings. The Hall–Kier alpha value is -0.0400. The Kier molecular flexibility index (Phi) is 4.78. The number of ether oxygens (including phenoxy) is 1. The van der Waals surface area contributed by atoms with E-state index < -0.39 is 0 Å². The van der Waals surface area contributed by atoms with Gasteiger partial charge in [-0.15, -0.1) is 0 Å². The second kappa shape index (κ2) is 6.73. The van der Waals surface area contributed by atoms with Gasteiger partial charge in [0.1, 0.15) is 0 Å². The van der Waals surface area contributed by atoms with E-state index in [9.17, 15) is 0 Å². The maximum absolute atomic E-state index is 6.58. The van der Waals surface area contributed by atoms with Crippen molar-refractivity contribution in [2.24, 2.45) is 46.3 Å². The van der Waals surface area contributed by atoms with Crippen LogP contribution in [0.3, 0.4) is 0 Å². The maximum Gasteiger partial charge on any atom is 0.0767 e. The van der Waals surface area contributed by atoms with E-state index in [1.54, 1.807) is 0 Å². The summed E-state index contributed by atoms with van der Waals surface area (Å²) in [6.07, 6.45) is 18.1. The van der Waals surface area contributed by atoms with Crippen molar-refractivity contribution in [3.05, 3.63) is 0 Å². The summed E-state index contributed by atoms with van der Waals surface area (Å²) in [5, 5.41) is 0. The summed E-state index contributed by atoms with van der Waals surface area (Å²) in [5.41, 5.74) is 1.43. The van der Waals surface area contributed by atoms with Crippen molar-refractivity contribution in [3.63, 3.8) is 0 Å². The van der Waals surface area contributed by atoms with Crippen LogP contribution < -0.4 is 0 Å². The molecule has 1 nitrogen and oxygen atoms in total. The van der Waals surface area contributed by atoms with Crippen LogP contribution in [0, 0.1) is 46.3 Å². The highest BCUT2D eigenvalue weighted by molar-refractivity contribution is 5.18. The smallest absolute Gasteiger partial charge is 0.0767 e. The molecule has 2 bridgehead atoms. The SMILES string of the molecule is CC(C)CCC[C@@H](C)[C@H]1CC[C@H]2[C@@H]3CC[C@@]45C[C@@H](CC[C@]4(C)[C@H]3CC[C@]12C)O5. The fourth-order valence-corrected chi connectivity index (χ4v) is 9.77. The van der Waals surface area contributed by atoms with Crippen LogP contribution in [0.2, 0.25) is 0 Å². The van der Waals surface area contributed by atoms with Gasteiger partial charge in [0.2, 0.25) is 0 Å². The topological polar surface area (TPSA) is 9.23 Å². The molecule has 0 aromatic carbocycles. The summed E-state index contributed by atoms with van der Waals surface area (Å²) < 4.78 is 6.58. The first-order valence-corrected chi connectivity index (χ1v) is 13.0. The lowest BCUT2D eigenvalue weighted by molar-refractivity contribution is -0.336. The average Bonchev–Trinajstić information content (AvgIpc) is 2.97. The van der Waals surface area contributed by atoms with Crippen LogP contribution in [-0.4, -0.2) is 11.7 Å². The summed E-state index contributed by atoms with van der Waals surface area (Å²) in [4.78, 5) is 0. The molecular formula is C27H46O. The molecule has 6 aliphatic rings. The first kappa shape index (κ1) is 19.9. The largest absolute Gasteiger partial charge is 0.371 e. The molecule has 160 valence electrons. The molecule has 0 radical (unpaired) electrons. The van der Waals surface area contributed by atoms with Gasteiger partial charge in [-0.2, -0.15) is 0 Å². The lowest BCUT2D eigenvalue weighted by Gasteiger charge is -2.70. The van der Waals surface area contributed by atoms with Crippen LogP contribution >= 0.6 is 0 Å². The van der Waals surface area contributed by atoms with Gasteiger partial charge >= 0.3 is 0 Å². The Morgan fingerprint density at radius 3 is 2.39 bits per heavy atom. The molecule has 1 spiro atoms. The summed E-state index contributed by atoms with van der Waals surface area (Å²) >= 11 is 0. The van der Waals surface area contributed by atoms with Crippen LogP contribution in [0.25, 0.3) is 0 Å². The zero-order valence-electron chi connectivity index (χ0n) is 19.4. The fraction of sp³-hybridized carbons (Fsp3) is 1.00. The van der Waals surface area contributed by atoms with E-state index in [1.807, 2.05) is 0 Å². The standard InChI is InChI=1S/C27H46O/c1-18(2)7-6-8-19(3)22-9-10-23-21-12-16-27-17-20(28-27)11-15-26(27,5)24(21)13-14-25(22,23)4/h18-24H,6-17H2,1-5H3/t19-,20-,21+,22-,23+,24+,25-,26-,27-/m1/s1. The molecule has 2 heterocycles. The Balaban J connectivity index is 1.31. The van der Waals surface area contributed by atoms with Crippen LogP contribution in [0.5, 0.6) is 0 Å². The zero-order chi connectivity index (χ0) is 19.7. The minimum Gasteiger partial charge on any atom is -0.371 e. The fourth-order valence-electron chi connectivity index (χ4n) is 9.77. The van der Waals surface area contributed by atoms with E-state index in [0.29, 0.717) is 22.5 Å². The van der Waals surface area contributed by atoms with Gasteiger partial charge in [0, 0.05) is 6.42 Å². The second-order valence-corrected chi connectivity index (χ2v) is 12.8. The predicted octanol–water partition coefficient (Wildman–Crippen LogP) is 7.63. The number of rotatable bonds is 5. The van der Waals surface area contributed by atoms with E-state index in [0.717, 1.165) is 35.5 Å². The Morgan fingerprint density at radius 1 is 0.857 bits per heavy atom. The highest BCUT2D eigenvalue weighted by atomic mass is 16.5. The molecule has 0 unspecified atom stereocenters. The number of fused-ring (bicyclic) bond motifs is 4. The third-order valence-electron chi connectivity index (χ3n) is 11.3. The lowest BCUT2D eigenvalue weighted by Crippen LogP contribution is -2.70. The molecule has 2 saturated heterocycles. The highest BCUT2D eigenvalue weighted by Crippen LogP contribution is 2.72. The molecule has 4 aliphatic carbocycles. The highest BCUT2D eigenvalue weighted by Gasteiger charge is 2.69. The first-order valence-electron chi connectivity index (χ1n) is 13.0. The zero-order valence-corrected chi connectivity index (χ0v) is 19.4. The van der Waals surface area contributed by atoms with Crippen molar-refractivity contribution in [2.75, 3.05) is 0 Å². The van der Waals surface area contributed by atoms with Gasteiger partial charge in [-0.1, -0.05) is 53.9 Å². The molecule has 2 aliphatic heterocycles. The van der Waals surface area contributed by atoms with E-state index >= 15 is 0 Å². The first-order chi connectivity index (χ1) is 13.3. The van der Waals surface area contributed by atoms with Crippen LogP contribution in [0.15, 0.2) is 0 Å². The van der Waals surface area contributed by atoms with E-state index in [4.69, 9.17) is 4.74 Å². The van der Waals surface area contributed by atoms with E-state index in [2.05, 4.69) is 34.6 Å². The van der Waals surface area contributed by atoms with Gasteiger partial charge in [-0.05, 0) is 97.7 Å². The normalized spacial score (nSPS) is 53.1. The number of hydrogen-bond acceptors (Lipinski definition) is 1. The third kappa shape index (κ3) is 2.66. The van der Waals surface area contributed by atoms with Gasteiger partial charge in [0.05, 0.1) is 11.7 Å². The molecule has 0 amide bonds. The Bertz CT molecular complexity index is 589. The maximum atomic E-state index is 6.58. The monoisotopic (exact) mass is 386 g/mol. The van der Waals surface area contributed by atoms with Crippen LogP contribution in [0.1, 0.15) is 112 Å². The van der Waals surface area contributed by atoms with E-state index in [-0.39, 0.29) is 0 Å².